The van der Waals surface area contributed by atoms with Gasteiger partial charge in [0.15, 0.2) is 5.82 Å². The van der Waals surface area contributed by atoms with Crippen molar-refractivity contribution in [3.63, 3.8) is 0 Å². The lowest BCUT2D eigenvalue weighted by atomic mass is 10.2. The fourth-order valence-electron chi connectivity index (χ4n) is 1.57. The monoisotopic (exact) mass is 306 g/mol. The van der Waals surface area contributed by atoms with E-state index in [1.54, 1.807) is 0 Å². The van der Waals surface area contributed by atoms with Crippen LogP contribution in [0.5, 0.6) is 0 Å². The first kappa shape index (κ1) is 14.5. The molecule has 0 saturated carbocycles. The van der Waals surface area contributed by atoms with Gasteiger partial charge in [0.1, 0.15) is 5.69 Å². The third-order valence-electron chi connectivity index (χ3n) is 2.51. The zero-order valence-electron chi connectivity index (χ0n) is 10.6. The second-order valence-electron chi connectivity index (χ2n) is 4.14. The topological polar surface area (TPSA) is 136 Å². The minimum absolute atomic E-state index is 0.0963. The predicted molar refractivity (Wildman–Crippen MR) is 73.0 cm³/mol. The number of nitriles is 1. The van der Waals surface area contributed by atoms with Gasteiger partial charge in [0.25, 0.3) is 0 Å². The summed E-state index contributed by atoms with van der Waals surface area (Å²) in [6, 6.07) is 9.11. The first-order valence-electron chi connectivity index (χ1n) is 5.68. The SMILES string of the molecule is N#Cc1ccc(CS(=O)(=O)Nc2cc(C(=O)O)[nH]n2)cc1. The number of H-pyrrole nitrogens is 1. The number of carboxylic acids is 1. The molecule has 0 spiro atoms. The molecule has 0 aliphatic heterocycles. The normalized spacial score (nSPS) is 10.8. The summed E-state index contributed by atoms with van der Waals surface area (Å²) < 4.78 is 26.0. The fraction of sp³-hybridized carbons (Fsp3) is 0.0833. The largest absolute Gasteiger partial charge is 0.477 e. The van der Waals surface area contributed by atoms with Crippen LogP contribution in [0.3, 0.4) is 0 Å². The van der Waals surface area contributed by atoms with Gasteiger partial charge in [0.2, 0.25) is 10.0 Å². The molecule has 2 rings (SSSR count). The summed E-state index contributed by atoms with van der Waals surface area (Å²) in [4.78, 5) is 10.7. The highest BCUT2D eigenvalue weighted by molar-refractivity contribution is 7.91. The van der Waals surface area contributed by atoms with Crippen LogP contribution in [0, 0.1) is 11.3 Å². The van der Waals surface area contributed by atoms with E-state index in [-0.39, 0.29) is 17.3 Å². The Hall–Kier alpha value is -2.86. The van der Waals surface area contributed by atoms with E-state index < -0.39 is 16.0 Å². The highest BCUT2D eigenvalue weighted by Crippen LogP contribution is 2.12. The van der Waals surface area contributed by atoms with Crippen LogP contribution < -0.4 is 4.72 Å². The van der Waals surface area contributed by atoms with Gasteiger partial charge in [-0.15, -0.1) is 0 Å². The van der Waals surface area contributed by atoms with Crippen molar-refractivity contribution in [1.82, 2.24) is 10.2 Å². The molecule has 0 fully saturated rings. The summed E-state index contributed by atoms with van der Waals surface area (Å²) in [6.45, 7) is 0. The van der Waals surface area contributed by atoms with Crippen molar-refractivity contribution in [3.8, 4) is 6.07 Å². The molecule has 0 radical (unpaired) electrons. The molecular weight excluding hydrogens is 296 g/mol. The van der Waals surface area contributed by atoms with Gasteiger partial charge in [-0.3, -0.25) is 9.82 Å². The molecule has 108 valence electrons. The first-order chi connectivity index (χ1) is 9.89. The molecule has 3 N–H and O–H groups in total. The zero-order valence-corrected chi connectivity index (χ0v) is 11.4. The van der Waals surface area contributed by atoms with Crippen molar-refractivity contribution in [2.45, 2.75) is 5.75 Å². The van der Waals surface area contributed by atoms with E-state index in [2.05, 4.69) is 14.9 Å². The summed E-state index contributed by atoms with van der Waals surface area (Å²) in [5, 5.41) is 23.1. The standard InChI is InChI=1S/C12H10N4O4S/c13-6-8-1-3-9(4-2-8)7-21(19,20)16-11-5-10(12(17)18)14-15-11/h1-5H,7H2,(H,17,18)(H2,14,15,16). The van der Waals surface area contributed by atoms with Crippen LogP contribution >= 0.6 is 0 Å². The number of nitrogens with zero attached hydrogens (tertiary/aromatic N) is 2. The number of aromatic carboxylic acids is 1. The average Bonchev–Trinajstić information content (AvgIpc) is 2.87. The molecular formula is C12H10N4O4S. The van der Waals surface area contributed by atoms with Gasteiger partial charge in [0.05, 0.1) is 17.4 Å². The number of anilines is 1. The Morgan fingerprint density at radius 1 is 1.38 bits per heavy atom. The Balaban J connectivity index is 2.10. The van der Waals surface area contributed by atoms with Gasteiger partial charge in [-0.05, 0) is 17.7 Å². The van der Waals surface area contributed by atoms with Crippen LogP contribution in [0.15, 0.2) is 30.3 Å². The smallest absolute Gasteiger partial charge is 0.353 e. The predicted octanol–water partition coefficient (Wildman–Crippen LogP) is 0.921. The number of benzene rings is 1. The average molecular weight is 306 g/mol. The molecule has 1 aromatic heterocycles. The van der Waals surface area contributed by atoms with Crippen molar-refractivity contribution in [3.05, 3.63) is 47.2 Å². The highest BCUT2D eigenvalue weighted by Gasteiger charge is 2.15. The first-order valence-corrected chi connectivity index (χ1v) is 7.33. The number of hydrogen-bond donors (Lipinski definition) is 3. The maximum absolute atomic E-state index is 11.9. The summed E-state index contributed by atoms with van der Waals surface area (Å²) in [5.74, 6) is -1.64. The molecule has 0 amide bonds. The Bertz CT molecular complexity index is 803. The summed E-state index contributed by atoms with van der Waals surface area (Å²) in [5.41, 5.74) is 0.712. The van der Waals surface area contributed by atoms with Crippen LogP contribution in [0.25, 0.3) is 0 Å². The van der Waals surface area contributed by atoms with Gasteiger partial charge >= 0.3 is 5.97 Å². The Morgan fingerprint density at radius 3 is 2.57 bits per heavy atom. The number of carboxylic acid groups (broad SMARTS) is 1. The van der Waals surface area contributed by atoms with Gasteiger partial charge in [0, 0.05) is 6.07 Å². The number of aromatic nitrogens is 2. The Labute approximate surface area is 120 Å². The van der Waals surface area contributed by atoms with E-state index in [1.165, 1.54) is 24.3 Å². The minimum Gasteiger partial charge on any atom is -0.477 e. The zero-order chi connectivity index (χ0) is 15.5. The van der Waals surface area contributed by atoms with E-state index >= 15 is 0 Å². The molecule has 0 aliphatic rings. The molecule has 1 aromatic carbocycles. The molecule has 0 atom stereocenters. The third-order valence-corrected chi connectivity index (χ3v) is 3.74. The van der Waals surface area contributed by atoms with Crippen LogP contribution in [-0.2, 0) is 15.8 Å². The van der Waals surface area contributed by atoms with Crippen molar-refractivity contribution < 1.29 is 18.3 Å². The minimum atomic E-state index is -3.73. The van der Waals surface area contributed by atoms with Crippen LogP contribution in [-0.4, -0.2) is 29.7 Å². The summed E-state index contributed by atoms with van der Waals surface area (Å²) in [6.07, 6.45) is 0. The van der Waals surface area contributed by atoms with Crippen LogP contribution in [0.4, 0.5) is 5.82 Å². The molecule has 9 heteroatoms. The van der Waals surface area contributed by atoms with Gasteiger partial charge < -0.3 is 5.11 Å². The molecule has 21 heavy (non-hydrogen) atoms. The molecule has 0 aliphatic carbocycles. The van der Waals surface area contributed by atoms with Gasteiger partial charge in [-0.2, -0.15) is 10.4 Å². The van der Waals surface area contributed by atoms with E-state index in [1.807, 2.05) is 6.07 Å². The number of hydrogen-bond acceptors (Lipinski definition) is 5. The van der Waals surface area contributed by atoms with Crippen molar-refractivity contribution in [2.24, 2.45) is 0 Å². The van der Waals surface area contributed by atoms with Gasteiger partial charge in [-0.1, -0.05) is 12.1 Å². The lowest BCUT2D eigenvalue weighted by molar-refractivity contribution is 0.0690. The lowest BCUT2D eigenvalue weighted by Crippen LogP contribution is -2.15. The second-order valence-corrected chi connectivity index (χ2v) is 5.86. The van der Waals surface area contributed by atoms with E-state index in [9.17, 15) is 13.2 Å². The summed E-state index contributed by atoms with van der Waals surface area (Å²) >= 11 is 0. The highest BCUT2D eigenvalue weighted by atomic mass is 32.2. The number of nitrogens with one attached hydrogen (secondary N) is 2. The van der Waals surface area contributed by atoms with E-state index in [0.29, 0.717) is 11.1 Å². The van der Waals surface area contributed by atoms with Gasteiger partial charge in [-0.25, -0.2) is 13.2 Å². The quantitative estimate of drug-likeness (QED) is 0.751. The molecule has 2 aromatic rings. The Kier molecular flexibility index (Phi) is 3.91. The molecule has 1 heterocycles. The Morgan fingerprint density at radius 2 is 2.05 bits per heavy atom. The summed E-state index contributed by atoms with van der Waals surface area (Å²) in [7, 11) is -3.73. The van der Waals surface area contributed by atoms with Crippen LogP contribution in [0.2, 0.25) is 0 Å². The molecule has 0 bridgehead atoms. The number of aromatic amines is 1. The maximum Gasteiger partial charge on any atom is 0.353 e. The lowest BCUT2D eigenvalue weighted by Gasteiger charge is -2.05. The van der Waals surface area contributed by atoms with Crippen molar-refractivity contribution in [1.29, 1.82) is 5.26 Å². The fourth-order valence-corrected chi connectivity index (χ4v) is 2.70. The third kappa shape index (κ3) is 3.80. The molecule has 0 saturated heterocycles. The molecule has 8 nitrogen and oxygen atoms in total. The van der Waals surface area contributed by atoms with E-state index in [4.69, 9.17) is 10.4 Å². The number of carbonyl (C=O) groups is 1. The van der Waals surface area contributed by atoms with Crippen molar-refractivity contribution >= 4 is 21.8 Å². The molecule has 0 unspecified atom stereocenters. The number of rotatable bonds is 5. The number of sulfonamides is 1. The maximum atomic E-state index is 11.9. The van der Waals surface area contributed by atoms with Crippen molar-refractivity contribution in [2.75, 3.05) is 4.72 Å². The second kappa shape index (κ2) is 5.64. The van der Waals surface area contributed by atoms with Crippen LogP contribution in [0.1, 0.15) is 21.6 Å². The van der Waals surface area contributed by atoms with E-state index in [0.717, 1.165) is 6.07 Å².